The number of carbonyl (C=O) groups is 1. The van der Waals surface area contributed by atoms with E-state index in [0.29, 0.717) is 12.0 Å². The van der Waals surface area contributed by atoms with Crippen LogP contribution in [0.1, 0.15) is 56.3 Å². The van der Waals surface area contributed by atoms with Crippen LogP contribution in [-0.4, -0.2) is 10.9 Å². The standard InChI is InChI=1S/C15H22O2/c1-12(2)6-4-3-5-7-15(17)13-8-10-14(16)11-9-13/h8-12,16H,3-7H2,1-2H3. The van der Waals surface area contributed by atoms with E-state index in [-0.39, 0.29) is 11.5 Å². The Morgan fingerprint density at radius 1 is 1.12 bits per heavy atom. The molecule has 94 valence electrons. The maximum absolute atomic E-state index is 11.8. The average Bonchev–Trinajstić information content (AvgIpc) is 2.29. The van der Waals surface area contributed by atoms with Gasteiger partial charge in [0, 0.05) is 12.0 Å². The molecule has 1 aromatic carbocycles. The molecule has 1 rings (SSSR count). The summed E-state index contributed by atoms with van der Waals surface area (Å²) in [5.74, 6) is 1.14. The summed E-state index contributed by atoms with van der Waals surface area (Å²) < 4.78 is 0. The maximum atomic E-state index is 11.8. The summed E-state index contributed by atoms with van der Waals surface area (Å²) >= 11 is 0. The van der Waals surface area contributed by atoms with Crippen LogP contribution >= 0.6 is 0 Å². The van der Waals surface area contributed by atoms with Gasteiger partial charge in [0.15, 0.2) is 5.78 Å². The summed E-state index contributed by atoms with van der Waals surface area (Å²) in [6.07, 6.45) is 5.16. The molecule has 2 heteroatoms. The molecule has 0 atom stereocenters. The molecule has 2 nitrogen and oxygen atoms in total. The molecular formula is C15H22O2. The van der Waals surface area contributed by atoms with Crippen molar-refractivity contribution < 1.29 is 9.90 Å². The van der Waals surface area contributed by atoms with Crippen LogP contribution in [0.25, 0.3) is 0 Å². The van der Waals surface area contributed by atoms with E-state index in [1.165, 1.54) is 12.8 Å². The minimum absolute atomic E-state index is 0.176. The first kappa shape index (κ1) is 13.8. The number of unbranched alkanes of at least 4 members (excludes halogenated alkanes) is 2. The molecule has 0 saturated heterocycles. The fourth-order valence-electron chi connectivity index (χ4n) is 1.81. The maximum Gasteiger partial charge on any atom is 0.162 e. The lowest BCUT2D eigenvalue weighted by Gasteiger charge is -2.04. The largest absolute Gasteiger partial charge is 0.508 e. The second kappa shape index (κ2) is 7.10. The van der Waals surface area contributed by atoms with E-state index in [0.717, 1.165) is 18.8 Å². The first-order valence-corrected chi connectivity index (χ1v) is 6.42. The van der Waals surface area contributed by atoms with E-state index in [1.54, 1.807) is 24.3 Å². The van der Waals surface area contributed by atoms with Crippen molar-refractivity contribution in [2.24, 2.45) is 5.92 Å². The van der Waals surface area contributed by atoms with Gasteiger partial charge >= 0.3 is 0 Å². The number of phenols is 1. The first-order chi connectivity index (χ1) is 8.09. The summed E-state index contributed by atoms with van der Waals surface area (Å²) in [7, 11) is 0. The van der Waals surface area contributed by atoms with Crippen molar-refractivity contribution in [3.8, 4) is 5.75 Å². The van der Waals surface area contributed by atoms with Gasteiger partial charge in [-0.1, -0.05) is 33.1 Å². The molecule has 0 unspecified atom stereocenters. The molecule has 0 aliphatic heterocycles. The second-order valence-corrected chi connectivity index (χ2v) is 4.96. The number of hydrogen-bond donors (Lipinski definition) is 1. The van der Waals surface area contributed by atoms with Crippen LogP contribution in [0.3, 0.4) is 0 Å². The van der Waals surface area contributed by atoms with E-state index in [1.807, 2.05) is 0 Å². The van der Waals surface area contributed by atoms with Crippen molar-refractivity contribution in [1.82, 2.24) is 0 Å². The fourth-order valence-corrected chi connectivity index (χ4v) is 1.81. The number of ketones is 1. The lowest BCUT2D eigenvalue weighted by atomic mass is 10.0. The van der Waals surface area contributed by atoms with Crippen LogP contribution in [0.15, 0.2) is 24.3 Å². The number of hydrogen-bond acceptors (Lipinski definition) is 2. The molecule has 0 spiro atoms. The van der Waals surface area contributed by atoms with Crippen molar-refractivity contribution in [3.05, 3.63) is 29.8 Å². The Morgan fingerprint density at radius 3 is 2.35 bits per heavy atom. The Balaban J connectivity index is 2.23. The zero-order valence-electron chi connectivity index (χ0n) is 10.8. The lowest BCUT2D eigenvalue weighted by molar-refractivity contribution is 0.0979. The first-order valence-electron chi connectivity index (χ1n) is 6.42. The highest BCUT2D eigenvalue weighted by Crippen LogP contribution is 2.14. The smallest absolute Gasteiger partial charge is 0.162 e. The number of benzene rings is 1. The Bertz CT molecular complexity index is 338. The summed E-state index contributed by atoms with van der Waals surface area (Å²) in [6.45, 7) is 4.45. The third-order valence-corrected chi connectivity index (χ3v) is 2.87. The highest BCUT2D eigenvalue weighted by molar-refractivity contribution is 5.96. The zero-order chi connectivity index (χ0) is 12.7. The summed E-state index contributed by atoms with van der Waals surface area (Å²) in [4.78, 5) is 11.8. The van der Waals surface area contributed by atoms with Crippen LogP contribution in [0.5, 0.6) is 5.75 Å². The van der Waals surface area contributed by atoms with Crippen molar-refractivity contribution in [1.29, 1.82) is 0 Å². The minimum atomic E-state index is 0.176. The molecule has 0 heterocycles. The Hall–Kier alpha value is -1.31. The second-order valence-electron chi connectivity index (χ2n) is 4.96. The zero-order valence-corrected chi connectivity index (χ0v) is 10.8. The molecule has 0 amide bonds. The Kier molecular flexibility index (Phi) is 5.75. The molecule has 0 radical (unpaired) electrons. The molecule has 0 aliphatic rings. The Labute approximate surface area is 104 Å². The van der Waals surface area contributed by atoms with E-state index in [9.17, 15) is 4.79 Å². The van der Waals surface area contributed by atoms with Gasteiger partial charge in [0.25, 0.3) is 0 Å². The number of rotatable bonds is 7. The molecule has 0 bridgehead atoms. The van der Waals surface area contributed by atoms with Crippen molar-refractivity contribution in [3.63, 3.8) is 0 Å². The van der Waals surface area contributed by atoms with Gasteiger partial charge in [-0.2, -0.15) is 0 Å². The molecule has 0 saturated carbocycles. The monoisotopic (exact) mass is 234 g/mol. The van der Waals surface area contributed by atoms with E-state index in [2.05, 4.69) is 13.8 Å². The molecule has 0 fully saturated rings. The van der Waals surface area contributed by atoms with Crippen LogP contribution in [0, 0.1) is 5.92 Å². The number of carbonyl (C=O) groups excluding carboxylic acids is 1. The molecule has 1 N–H and O–H groups in total. The number of phenolic OH excluding ortho intramolecular Hbond substituents is 1. The van der Waals surface area contributed by atoms with Gasteiger partial charge in [0.1, 0.15) is 5.75 Å². The molecule has 1 aromatic rings. The van der Waals surface area contributed by atoms with Crippen LogP contribution < -0.4 is 0 Å². The predicted octanol–water partition coefficient (Wildman–Crippen LogP) is 4.18. The summed E-state index contributed by atoms with van der Waals surface area (Å²) in [5, 5.41) is 9.13. The van der Waals surface area contributed by atoms with Crippen molar-refractivity contribution in [2.45, 2.75) is 46.0 Å². The van der Waals surface area contributed by atoms with Gasteiger partial charge in [0.2, 0.25) is 0 Å². The van der Waals surface area contributed by atoms with Gasteiger partial charge in [-0.25, -0.2) is 0 Å². The molecule has 0 aromatic heterocycles. The summed E-state index contributed by atoms with van der Waals surface area (Å²) in [5.41, 5.74) is 0.701. The lowest BCUT2D eigenvalue weighted by Crippen LogP contribution is -1.98. The third-order valence-electron chi connectivity index (χ3n) is 2.87. The Morgan fingerprint density at radius 2 is 1.76 bits per heavy atom. The van der Waals surface area contributed by atoms with Gasteiger partial charge in [-0.15, -0.1) is 0 Å². The predicted molar refractivity (Wildman–Crippen MR) is 70.4 cm³/mol. The topological polar surface area (TPSA) is 37.3 Å². The molecule has 17 heavy (non-hydrogen) atoms. The van der Waals surface area contributed by atoms with Gasteiger partial charge in [-0.3, -0.25) is 4.79 Å². The van der Waals surface area contributed by atoms with Gasteiger partial charge in [0.05, 0.1) is 0 Å². The van der Waals surface area contributed by atoms with Crippen molar-refractivity contribution in [2.75, 3.05) is 0 Å². The average molecular weight is 234 g/mol. The van der Waals surface area contributed by atoms with Crippen LogP contribution in [-0.2, 0) is 0 Å². The summed E-state index contributed by atoms with van der Waals surface area (Å²) in [6, 6.07) is 6.50. The number of Topliss-reactive ketones (excluding diaryl/α,β-unsaturated/α-hetero) is 1. The fraction of sp³-hybridized carbons (Fsp3) is 0.533. The van der Waals surface area contributed by atoms with E-state index in [4.69, 9.17) is 5.11 Å². The van der Waals surface area contributed by atoms with Gasteiger partial charge < -0.3 is 5.11 Å². The molecule has 0 aliphatic carbocycles. The normalized spacial score (nSPS) is 10.8. The van der Waals surface area contributed by atoms with Crippen LogP contribution in [0.2, 0.25) is 0 Å². The van der Waals surface area contributed by atoms with E-state index < -0.39 is 0 Å². The SMILES string of the molecule is CC(C)CCCCCC(=O)c1ccc(O)cc1. The van der Waals surface area contributed by atoms with Gasteiger partial charge in [-0.05, 0) is 36.6 Å². The highest BCUT2D eigenvalue weighted by atomic mass is 16.3. The minimum Gasteiger partial charge on any atom is -0.508 e. The quantitative estimate of drug-likeness (QED) is 0.567. The van der Waals surface area contributed by atoms with E-state index >= 15 is 0 Å². The van der Waals surface area contributed by atoms with Crippen molar-refractivity contribution >= 4 is 5.78 Å². The third kappa shape index (κ3) is 5.53. The number of aromatic hydroxyl groups is 1. The highest BCUT2D eigenvalue weighted by Gasteiger charge is 2.05. The van der Waals surface area contributed by atoms with Crippen LogP contribution in [0.4, 0.5) is 0 Å². The molecular weight excluding hydrogens is 212 g/mol.